The summed E-state index contributed by atoms with van der Waals surface area (Å²) in [7, 11) is -2.82. The Balaban J connectivity index is 2.05. The highest BCUT2D eigenvalue weighted by Gasteiger charge is 2.52. The zero-order valence-electron chi connectivity index (χ0n) is 22.9. The van der Waals surface area contributed by atoms with Gasteiger partial charge in [-0.3, -0.25) is 5.32 Å². The molecule has 0 aliphatic carbocycles. The van der Waals surface area contributed by atoms with Crippen LogP contribution in [0.1, 0.15) is 58.9 Å². The van der Waals surface area contributed by atoms with Gasteiger partial charge in [-0.1, -0.05) is 144 Å². The molecule has 1 N–H and O–H groups in total. The molecule has 0 bridgehead atoms. The van der Waals surface area contributed by atoms with E-state index in [4.69, 9.17) is 4.43 Å². The summed E-state index contributed by atoms with van der Waals surface area (Å²) in [6.45, 7) is 9.67. The Morgan fingerprint density at radius 2 is 1.41 bits per heavy atom. The first-order chi connectivity index (χ1) is 17.9. The SMILES string of the molecule is CCCCC/C=C/[C@@H](O[Si](c1ccccc1)(c1ccccc1)C(C)(C)C)[C@@H](C#N)NCc1ccccc1. The van der Waals surface area contributed by atoms with Gasteiger partial charge in [-0.15, -0.1) is 0 Å². The molecule has 0 unspecified atom stereocenters. The Morgan fingerprint density at radius 3 is 1.89 bits per heavy atom. The third kappa shape index (κ3) is 7.52. The second-order valence-electron chi connectivity index (χ2n) is 10.6. The normalized spacial score (nSPS) is 13.8. The van der Waals surface area contributed by atoms with Gasteiger partial charge in [0.15, 0.2) is 0 Å². The summed E-state index contributed by atoms with van der Waals surface area (Å²) in [4.78, 5) is 0. The van der Waals surface area contributed by atoms with Crippen LogP contribution in [0, 0.1) is 11.3 Å². The maximum atomic E-state index is 10.3. The molecule has 3 nitrogen and oxygen atoms in total. The number of benzene rings is 3. The summed E-state index contributed by atoms with van der Waals surface area (Å²) < 4.78 is 7.39. The summed E-state index contributed by atoms with van der Waals surface area (Å²) in [5.74, 6) is 0. The minimum absolute atomic E-state index is 0.163. The first-order valence-electron chi connectivity index (χ1n) is 13.5. The number of allylic oxidation sites excluding steroid dienone is 1. The van der Waals surface area contributed by atoms with Gasteiger partial charge in [0.05, 0.1) is 12.2 Å². The van der Waals surface area contributed by atoms with Crippen LogP contribution >= 0.6 is 0 Å². The molecule has 2 atom stereocenters. The molecular formula is C33H42N2OSi. The first kappa shape index (κ1) is 28.6. The first-order valence-corrected chi connectivity index (χ1v) is 15.5. The third-order valence-electron chi connectivity index (χ3n) is 6.87. The average Bonchev–Trinajstić information content (AvgIpc) is 2.92. The summed E-state index contributed by atoms with van der Waals surface area (Å²) in [6, 6.07) is 33.6. The fourth-order valence-electron chi connectivity index (χ4n) is 4.92. The number of nitrogens with zero attached hydrogens (tertiary/aromatic N) is 1. The van der Waals surface area contributed by atoms with Gasteiger partial charge in [0.1, 0.15) is 6.04 Å². The van der Waals surface area contributed by atoms with Crippen molar-refractivity contribution < 1.29 is 4.43 Å². The molecule has 0 aliphatic rings. The Kier molecular flexibility index (Phi) is 10.9. The Bertz CT molecular complexity index is 1080. The van der Waals surface area contributed by atoms with Crippen molar-refractivity contribution in [3.63, 3.8) is 0 Å². The highest BCUT2D eigenvalue weighted by molar-refractivity contribution is 6.99. The van der Waals surface area contributed by atoms with Gasteiger partial charge >= 0.3 is 0 Å². The molecule has 0 saturated carbocycles. The van der Waals surface area contributed by atoms with E-state index in [0.717, 1.165) is 18.4 Å². The lowest BCUT2D eigenvalue weighted by atomic mass is 10.1. The van der Waals surface area contributed by atoms with Gasteiger partial charge < -0.3 is 4.43 Å². The van der Waals surface area contributed by atoms with Gasteiger partial charge in [-0.25, -0.2) is 0 Å². The zero-order chi connectivity index (χ0) is 26.6. The minimum atomic E-state index is -2.82. The number of nitriles is 1. The molecule has 194 valence electrons. The maximum Gasteiger partial charge on any atom is 0.261 e. The molecule has 3 aromatic carbocycles. The van der Waals surface area contributed by atoms with Crippen LogP contribution in [-0.4, -0.2) is 20.5 Å². The van der Waals surface area contributed by atoms with Crippen LogP contribution in [0.3, 0.4) is 0 Å². The van der Waals surface area contributed by atoms with Gasteiger partial charge in [-0.05, 0) is 33.8 Å². The van der Waals surface area contributed by atoms with Crippen molar-refractivity contribution >= 4 is 18.7 Å². The highest BCUT2D eigenvalue weighted by Crippen LogP contribution is 2.38. The maximum absolute atomic E-state index is 10.3. The second kappa shape index (κ2) is 14.1. The summed E-state index contributed by atoms with van der Waals surface area (Å²) in [5, 5.41) is 16.1. The Morgan fingerprint density at radius 1 is 0.865 bits per heavy atom. The predicted octanol–water partition coefficient (Wildman–Crippen LogP) is 6.75. The van der Waals surface area contributed by atoms with E-state index in [1.165, 1.54) is 23.2 Å². The molecule has 0 fully saturated rings. The number of unbranched alkanes of at least 4 members (excludes halogenated alkanes) is 3. The molecule has 0 aromatic heterocycles. The van der Waals surface area contributed by atoms with Crippen molar-refractivity contribution in [1.82, 2.24) is 5.32 Å². The van der Waals surface area contributed by atoms with E-state index >= 15 is 0 Å². The van der Waals surface area contributed by atoms with Crippen LogP contribution in [0.15, 0.2) is 103 Å². The average molecular weight is 511 g/mol. The van der Waals surface area contributed by atoms with E-state index in [1.54, 1.807) is 0 Å². The molecule has 0 heterocycles. The van der Waals surface area contributed by atoms with Crippen molar-refractivity contribution in [2.75, 3.05) is 0 Å². The lowest BCUT2D eigenvalue weighted by molar-refractivity contribution is 0.204. The topological polar surface area (TPSA) is 45.0 Å². The van der Waals surface area contributed by atoms with Gasteiger partial charge in [0, 0.05) is 6.54 Å². The zero-order valence-corrected chi connectivity index (χ0v) is 23.9. The van der Waals surface area contributed by atoms with Crippen LogP contribution in [0.25, 0.3) is 0 Å². The molecule has 0 radical (unpaired) electrons. The van der Waals surface area contributed by atoms with E-state index < -0.39 is 14.4 Å². The van der Waals surface area contributed by atoms with Gasteiger partial charge in [0.25, 0.3) is 8.32 Å². The summed E-state index contributed by atoms with van der Waals surface area (Å²) in [5.41, 5.74) is 1.15. The van der Waals surface area contributed by atoms with E-state index in [-0.39, 0.29) is 11.1 Å². The van der Waals surface area contributed by atoms with Crippen molar-refractivity contribution in [2.24, 2.45) is 0 Å². The molecule has 0 spiro atoms. The van der Waals surface area contributed by atoms with Crippen molar-refractivity contribution in [3.8, 4) is 6.07 Å². The molecule has 0 aliphatic heterocycles. The summed E-state index contributed by atoms with van der Waals surface area (Å²) >= 11 is 0. The standard InChI is InChI=1S/C33H42N2OSi/c1-5-6-7-8-18-25-32(31(26-34)35-27-28-19-12-9-13-20-28)36-37(33(2,3)4,29-21-14-10-15-22-29)30-23-16-11-17-24-30/h9-25,31-32,35H,5-8,27H2,1-4H3/b25-18+/t31-,32-/m1/s1. The monoisotopic (exact) mass is 510 g/mol. The van der Waals surface area contributed by atoms with Gasteiger partial charge in [0.2, 0.25) is 0 Å². The predicted molar refractivity (Wildman–Crippen MR) is 158 cm³/mol. The Hall–Kier alpha value is -2.97. The Labute approximate surface area is 225 Å². The van der Waals surface area contributed by atoms with Crippen LogP contribution in [-0.2, 0) is 11.0 Å². The van der Waals surface area contributed by atoms with Gasteiger partial charge in [-0.2, -0.15) is 5.26 Å². The lowest BCUT2D eigenvalue weighted by Gasteiger charge is -2.45. The minimum Gasteiger partial charge on any atom is -0.398 e. The lowest BCUT2D eigenvalue weighted by Crippen LogP contribution is -2.68. The quantitative estimate of drug-likeness (QED) is 0.157. The van der Waals surface area contributed by atoms with Crippen molar-refractivity contribution in [3.05, 3.63) is 109 Å². The number of rotatable bonds is 13. The van der Waals surface area contributed by atoms with Crippen LogP contribution in [0.5, 0.6) is 0 Å². The molecule has 0 saturated heterocycles. The van der Waals surface area contributed by atoms with Crippen molar-refractivity contribution in [1.29, 1.82) is 5.26 Å². The molecule has 37 heavy (non-hydrogen) atoms. The van der Waals surface area contributed by atoms with E-state index in [1.807, 2.05) is 18.2 Å². The van der Waals surface area contributed by atoms with E-state index in [2.05, 4.69) is 124 Å². The largest absolute Gasteiger partial charge is 0.398 e. The fraction of sp³-hybridized carbons (Fsp3) is 0.364. The molecule has 0 amide bonds. The third-order valence-corrected chi connectivity index (χ3v) is 11.9. The number of nitrogens with one attached hydrogen (secondary N) is 1. The highest BCUT2D eigenvalue weighted by atomic mass is 28.4. The van der Waals surface area contributed by atoms with E-state index in [9.17, 15) is 5.26 Å². The smallest absolute Gasteiger partial charge is 0.261 e. The number of hydrogen-bond acceptors (Lipinski definition) is 3. The van der Waals surface area contributed by atoms with Crippen LogP contribution in [0.4, 0.5) is 0 Å². The molecular weight excluding hydrogens is 468 g/mol. The molecule has 4 heteroatoms. The number of hydrogen-bond donors (Lipinski definition) is 1. The van der Waals surface area contributed by atoms with Crippen LogP contribution < -0.4 is 15.7 Å². The van der Waals surface area contributed by atoms with Crippen LogP contribution in [0.2, 0.25) is 5.04 Å². The second-order valence-corrected chi connectivity index (χ2v) is 14.9. The van der Waals surface area contributed by atoms with E-state index in [0.29, 0.717) is 6.54 Å². The molecule has 3 aromatic rings. The van der Waals surface area contributed by atoms with Crippen molar-refractivity contribution in [2.45, 2.75) is 77.1 Å². The fourth-order valence-corrected chi connectivity index (χ4v) is 9.55. The summed E-state index contributed by atoms with van der Waals surface area (Å²) in [6.07, 6.45) is 8.50. The molecule has 3 rings (SSSR count).